The molecule has 14 heavy (non-hydrogen) atoms. The molecule has 0 saturated heterocycles. The highest BCUT2D eigenvalue weighted by Gasteiger charge is 2.03. The van der Waals surface area contributed by atoms with Gasteiger partial charge in [0.1, 0.15) is 0 Å². The Balaban J connectivity index is 3.35. The third kappa shape index (κ3) is 8.05. The molecular formula is C11H23NO2. The molecule has 0 aromatic carbocycles. The lowest BCUT2D eigenvalue weighted by Gasteiger charge is -2.17. The van der Waals surface area contributed by atoms with Crippen LogP contribution in [0.3, 0.4) is 0 Å². The molecule has 0 spiro atoms. The lowest BCUT2D eigenvalue weighted by atomic mass is 10.1. The quantitative estimate of drug-likeness (QED) is 0.589. The molecule has 0 aromatic heterocycles. The fourth-order valence-corrected chi connectivity index (χ4v) is 1.19. The Kier molecular flexibility index (Phi) is 7.48. The normalized spacial score (nSPS) is 11.0. The number of hydrogen-bond donors (Lipinski definition) is 0. The van der Waals surface area contributed by atoms with E-state index in [1.54, 1.807) is 0 Å². The van der Waals surface area contributed by atoms with Crippen LogP contribution in [0.5, 0.6) is 0 Å². The van der Waals surface area contributed by atoms with Gasteiger partial charge in [0, 0.05) is 6.42 Å². The van der Waals surface area contributed by atoms with Crippen molar-refractivity contribution in [1.82, 2.24) is 4.90 Å². The fraction of sp³-hybridized carbons (Fsp3) is 0.909. The van der Waals surface area contributed by atoms with Crippen molar-refractivity contribution in [2.75, 3.05) is 27.2 Å². The third-order valence-electron chi connectivity index (χ3n) is 2.24. The first-order chi connectivity index (χ1) is 6.56. The number of nitrogens with zero attached hydrogens (tertiary/aromatic N) is 1. The summed E-state index contributed by atoms with van der Waals surface area (Å²) < 4.78 is 4.57. The van der Waals surface area contributed by atoms with Crippen LogP contribution in [0.2, 0.25) is 0 Å². The minimum absolute atomic E-state index is 0.109. The summed E-state index contributed by atoms with van der Waals surface area (Å²) in [6.45, 7) is 6.53. The molecule has 0 aliphatic carbocycles. The number of esters is 1. The summed E-state index contributed by atoms with van der Waals surface area (Å²) >= 11 is 0. The van der Waals surface area contributed by atoms with E-state index in [1.165, 1.54) is 13.5 Å². The molecule has 3 nitrogen and oxygen atoms in total. The van der Waals surface area contributed by atoms with Crippen molar-refractivity contribution in [3.63, 3.8) is 0 Å². The zero-order chi connectivity index (χ0) is 11.0. The number of hydrogen-bond acceptors (Lipinski definition) is 3. The van der Waals surface area contributed by atoms with Crippen molar-refractivity contribution in [1.29, 1.82) is 0 Å². The number of carbonyl (C=O) groups is 1. The second-order valence-electron chi connectivity index (χ2n) is 4.17. The summed E-state index contributed by atoms with van der Waals surface area (Å²) in [5, 5.41) is 0. The second-order valence-corrected chi connectivity index (χ2v) is 4.17. The van der Waals surface area contributed by atoms with E-state index in [-0.39, 0.29) is 5.97 Å². The minimum atomic E-state index is -0.109. The minimum Gasteiger partial charge on any atom is -0.469 e. The monoisotopic (exact) mass is 201 g/mol. The Labute approximate surface area is 87.4 Å². The van der Waals surface area contributed by atoms with Crippen LogP contribution in [0.15, 0.2) is 0 Å². The topological polar surface area (TPSA) is 29.5 Å². The van der Waals surface area contributed by atoms with Crippen molar-refractivity contribution in [2.24, 2.45) is 5.92 Å². The molecule has 0 radical (unpaired) electrons. The fourth-order valence-electron chi connectivity index (χ4n) is 1.19. The maximum atomic E-state index is 10.8. The van der Waals surface area contributed by atoms with E-state index < -0.39 is 0 Å². The van der Waals surface area contributed by atoms with Crippen LogP contribution >= 0.6 is 0 Å². The molecular weight excluding hydrogens is 178 g/mol. The van der Waals surface area contributed by atoms with Gasteiger partial charge in [0.2, 0.25) is 0 Å². The van der Waals surface area contributed by atoms with Crippen molar-refractivity contribution in [2.45, 2.75) is 33.1 Å². The number of carbonyl (C=O) groups excluding carboxylic acids is 1. The highest BCUT2D eigenvalue weighted by Crippen LogP contribution is 2.02. The summed E-state index contributed by atoms with van der Waals surface area (Å²) in [4.78, 5) is 13.1. The maximum absolute atomic E-state index is 10.8. The van der Waals surface area contributed by atoms with Gasteiger partial charge >= 0.3 is 5.97 Å². The lowest BCUT2D eigenvalue weighted by Crippen LogP contribution is -2.22. The molecule has 0 bridgehead atoms. The van der Waals surface area contributed by atoms with E-state index in [0.29, 0.717) is 6.42 Å². The Morgan fingerprint density at radius 3 is 2.50 bits per heavy atom. The number of methoxy groups -OCH3 is 1. The molecule has 0 aliphatic rings. The van der Waals surface area contributed by atoms with Gasteiger partial charge < -0.3 is 9.64 Å². The van der Waals surface area contributed by atoms with E-state index in [9.17, 15) is 4.79 Å². The standard InChI is InChI=1S/C11H23NO2/c1-10(2)7-9-12(3)8-5-6-11(13)14-4/h10H,5-9H2,1-4H3. The predicted octanol–water partition coefficient (Wildman–Crippen LogP) is 1.92. The van der Waals surface area contributed by atoms with Crippen molar-refractivity contribution in [3.8, 4) is 0 Å². The summed E-state index contributed by atoms with van der Waals surface area (Å²) in [7, 11) is 3.53. The van der Waals surface area contributed by atoms with Gasteiger partial charge in [-0.2, -0.15) is 0 Å². The second kappa shape index (κ2) is 7.80. The first-order valence-corrected chi connectivity index (χ1v) is 5.31. The van der Waals surface area contributed by atoms with Crippen LogP contribution < -0.4 is 0 Å². The Hall–Kier alpha value is -0.570. The van der Waals surface area contributed by atoms with Crippen LogP contribution in [0.1, 0.15) is 33.1 Å². The van der Waals surface area contributed by atoms with Gasteiger partial charge in [-0.15, -0.1) is 0 Å². The van der Waals surface area contributed by atoms with Crippen LogP contribution in [-0.4, -0.2) is 38.1 Å². The van der Waals surface area contributed by atoms with E-state index >= 15 is 0 Å². The highest BCUT2D eigenvalue weighted by atomic mass is 16.5. The van der Waals surface area contributed by atoms with E-state index in [4.69, 9.17) is 0 Å². The molecule has 0 aliphatic heterocycles. The van der Waals surface area contributed by atoms with Crippen LogP contribution in [0.4, 0.5) is 0 Å². The summed E-state index contributed by atoms with van der Waals surface area (Å²) in [5.41, 5.74) is 0. The Morgan fingerprint density at radius 2 is 2.00 bits per heavy atom. The summed E-state index contributed by atoms with van der Waals surface area (Å²) in [6.07, 6.45) is 2.64. The maximum Gasteiger partial charge on any atom is 0.305 e. The van der Waals surface area contributed by atoms with Crippen molar-refractivity contribution < 1.29 is 9.53 Å². The SMILES string of the molecule is COC(=O)CCCN(C)CCC(C)C. The third-order valence-corrected chi connectivity index (χ3v) is 2.24. The average Bonchev–Trinajstić information content (AvgIpc) is 2.14. The average molecular weight is 201 g/mol. The highest BCUT2D eigenvalue weighted by molar-refractivity contribution is 5.69. The molecule has 3 heteroatoms. The predicted molar refractivity (Wildman–Crippen MR) is 58.2 cm³/mol. The largest absolute Gasteiger partial charge is 0.469 e. The number of rotatable bonds is 7. The molecule has 0 amide bonds. The zero-order valence-electron chi connectivity index (χ0n) is 9.88. The van der Waals surface area contributed by atoms with E-state index in [1.807, 2.05) is 0 Å². The van der Waals surface area contributed by atoms with Gasteiger partial charge in [0.05, 0.1) is 7.11 Å². The zero-order valence-corrected chi connectivity index (χ0v) is 9.88. The van der Waals surface area contributed by atoms with Crippen molar-refractivity contribution in [3.05, 3.63) is 0 Å². The van der Waals surface area contributed by atoms with Gasteiger partial charge in [-0.25, -0.2) is 0 Å². The number of ether oxygens (including phenoxy) is 1. The summed E-state index contributed by atoms with van der Waals surface area (Å²) in [6, 6.07) is 0. The van der Waals surface area contributed by atoms with Crippen LogP contribution in [0.25, 0.3) is 0 Å². The first kappa shape index (κ1) is 13.4. The molecule has 0 fully saturated rings. The van der Waals surface area contributed by atoms with Crippen LogP contribution in [-0.2, 0) is 9.53 Å². The van der Waals surface area contributed by atoms with Crippen LogP contribution in [0, 0.1) is 5.92 Å². The smallest absolute Gasteiger partial charge is 0.305 e. The Morgan fingerprint density at radius 1 is 1.36 bits per heavy atom. The molecule has 0 atom stereocenters. The van der Waals surface area contributed by atoms with E-state index in [0.717, 1.165) is 25.4 Å². The summed E-state index contributed by atoms with van der Waals surface area (Å²) in [5.74, 6) is 0.639. The van der Waals surface area contributed by atoms with Crippen molar-refractivity contribution >= 4 is 5.97 Å². The van der Waals surface area contributed by atoms with Gasteiger partial charge in [-0.1, -0.05) is 13.8 Å². The molecule has 0 unspecified atom stereocenters. The molecule has 0 saturated carbocycles. The molecule has 0 aromatic rings. The molecule has 0 rings (SSSR count). The molecule has 0 heterocycles. The van der Waals surface area contributed by atoms with E-state index in [2.05, 4.69) is 30.5 Å². The molecule has 0 N–H and O–H groups in total. The van der Waals surface area contributed by atoms with Gasteiger partial charge in [0.15, 0.2) is 0 Å². The van der Waals surface area contributed by atoms with Gasteiger partial charge in [0.25, 0.3) is 0 Å². The molecule has 84 valence electrons. The Bertz CT molecular complexity index is 157. The van der Waals surface area contributed by atoms with Gasteiger partial charge in [-0.3, -0.25) is 4.79 Å². The lowest BCUT2D eigenvalue weighted by molar-refractivity contribution is -0.140. The van der Waals surface area contributed by atoms with Gasteiger partial charge in [-0.05, 0) is 38.9 Å². The first-order valence-electron chi connectivity index (χ1n) is 5.31.